The Bertz CT molecular complexity index is 1140. The number of hydrogen-bond donors (Lipinski definition) is 3. The fourth-order valence-corrected chi connectivity index (χ4v) is 4.83. The van der Waals surface area contributed by atoms with Crippen molar-refractivity contribution in [3.8, 4) is 0 Å². The normalized spacial score (nSPS) is 19.7. The summed E-state index contributed by atoms with van der Waals surface area (Å²) in [5.41, 5.74) is 9.58. The second-order valence-corrected chi connectivity index (χ2v) is 9.14. The van der Waals surface area contributed by atoms with Crippen LogP contribution in [0.25, 0.3) is 11.2 Å². The number of rotatable bonds is 4. The van der Waals surface area contributed by atoms with Crippen LogP contribution in [0.1, 0.15) is 37.7 Å². The molecule has 10 heteroatoms. The molecule has 1 saturated heterocycles. The molecular formula is C23H31ClN8O. The van der Waals surface area contributed by atoms with Crippen LogP contribution in [0.2, 0.25) is 0 Å². The molecule has 4 N–H and O–H groups in total. The van der Waals surface area contributed by atoms with Gasteiger partial charge in [0.15, 0.2) is 17.0 Å². The maximum atomic E-state index is 12.4. The lowest BCUT2D eigenvalue weighted by atomic mass is 9.80. The van der Waals surface area contributed by atoms with Gasteiger partial charge in [-0.2, -0.15) is 5.10 Å². The Labute approximate surface area is 199 Å². The summed E-state index contributed by atoms with van der Waals surface area (Å²) in [4.78, 5) is 26.4. The topological polar surface area (TPSA) is 116 Å². The number of amides is 1. The minimum Gasteiger partial charge on any atom is -0.359 e. The largest absolute Gasteiger partial charge is 0.359 e. The van der Waals surface area contributed by atoms with E-state index in [2.05, 4.69) is 32.2 Å². The van der Waals surface area contributed by atoms with Gasteiger partial charge in [-0.05, 0) is 42.9 Å². The minimum atomic E-state index is -0.159. The molecule has 2 aliphatic heterocycles. The Morgan fingerprint density at radius 1 is 1.27 bits per heavy atom. The van der Waals surface area contributed by atoms with Crippen molar-refractivity contribution in [1.29, 1.82) is 0 Å². The fourth-order valence-electron chi connectivity index (χ4n) is 4.83. The Balaban J connectivity index is 0.00000259. The number of benzene rings is 1. The second-order valence-electron chi connectivity index (χ2n) is 9.14. The van der Waals surface area contributed by atoms with Crippen LogP contribution in [0.5, 0.6) is 0 Å². The predicted molar refractivity (Wildman–Crippen MR) is 132 cm³/mol. The maximum absolute atomic E-state index is 12.4. The summed E-state index contributed by atoms with van der Waals surface area (Å²) in [5.74, 6) is 1.50. The summed E-state index contributed by atoms with van der Waals surface area (Å²) >= 11 is 0. The number of nitrogens with one attached hydrogen (secondary N) is 2. The summed E-state index contributed by atoms with van der Waals surface area (Å²) in [6.07, 6.45) is 4.66. The first-order valence-electron chi connectivity index (χ1n) is 11.3. The van der Waals surface area contributed by atoms with Crippen LogP contribution < -0.4 is 20.9 Å². The van der Waals surface area contributed by atoms with Crippen LogP contribution in [0.3, 0.4) is 0 Å². The number of para-hydroxylation sites is 1. The van der Waals surface area contributed by atoms with Gasteiger partial charge in [0.2, 0.25) is 5.91 Å². The zero-order chi connectivity index (χ0) is 22.3. The van der Waals surface area contributed by atoms with Gasteiger partial charge in [-0.3, -0.25) is 9.89 Å². The van der Waals surface area contributed by atoms with Crippen molar-refractivity contribution in [1.82, 2.24) is 25.5 Å². The standard InChI is InChI=1S/C23H30N8O.ClH/c1-23(14-24)8-11-30(12-9-23)18-13-26-19-20(27-18)28-29-21(19)31-10-7-16(22(32)25-2)15-5-3-4-6-17(15)31;/h3-6,13,16H,7-12,14,24H2,1-2H3,(H,25,32)(H,27,28,29);1H. The first-order chi connectivity index (χ1) is 15.5. The van der Waals surface area contributed by atoms with Gasteiger partial charge in [0.1, 0.15) is 5.82 Å². The van der Waals surface area contributed by atoms with Gasteiger partial charge in [-0.25, -0.2) is 9.97 Å². The number of aromatic nitrogens is 4. The molecule has 1 aromatic carbocycles. The highest BCUT2D eigenvalue weighted by atomic mass is 35.5. The molecule has 9 nitrogen and oxygen atoms in total. The third-order valence-electron chi connectivity index (χ3n) is 7.09. The van der Waals surface area contributed by atoms with Crippen molar-refractivity contribution in [2.75, 3.05) is 43.0 Å². The molecule has 1 amide bonds. The monoisotopic (exact) mass is 470 g/mol. The molecule has 0 bridgehead atoms. The van der Waals surface area contributed by atoms with Gasteiger partial charge < -0.3 is 20.9 Å². The zero-order valence-corrected chi connectivity index (χ0v) is 19.9. The molecule has 0 spiro atoms. The van der Waals surface area contributed by atoms with Crippen molar-refractivity contribution < 1.29 is 4.79 Å². The third kappa shape index (κ3) is 4.11. The Morgan fingerprint density at radius 2 is 2.03 bits per heavy atom. The SMILES string of the molecule is CNC(=O)C1CCN(c2n[nH]c3nc(N4CCC(C)(CN)CC4)cnc23)c2ccccc21.Cl. The summed E-state index contributed by atoms with van der Waals surface area (Å²) in [6.45, 7) is 5.51. The van der Waals surface area contributed by atoms with Crippen molar-refractivity contribution >= 4 is 46.8 Å². The highest BCUT2D eigenvalue weighted by Gasteiger charge is 2.33. The number of carbonyl (C=O) groups excluding carboxylic acids is 1. The highest BCUT2D eigenvalue weighted by molar-refractivity contribution is 5.91. The minimum absolute atomic E-state index is 0. The molecular weight excluding hydrogens is 440 g/mol. The maximum Gasteiger partial charge on any atom is 0.227 e. The molecule has 1 unspecified atom stereocenters. The highest BCUT2D eigenvalue weighted by Crippen LogP contribution is 2.40. The van der Waals surface area contributed by atoms with Gasteiger partial charge in [0.25, 0.3) is 0 Å². The van der Waals surface area contributed by atoms with E-state index in [-0.39, 0.29) is 29.6 Å². The number of fused-ring (bicyclic) bond motifs is 2. The van der Waals surface area contributed by atoms with E-state index in [0.29, 0.717) is 25.2 Å². The molecule has 176 valence electrons. The van der Waals surface area contributed by atoms with Crippen LogP contribution in [-0.2, 0) is 4.79 Å². The van der Waals surface area contributed by atoms with E-state index >= 15 is 0 Å². The van der Waals surface area contributed by atoms with Crippen LogP contribution >= 0.6 is 12.4 Å². The number of H-pyrrole nitrogens is 1. The third-order valence-corrected chi connectivity index (χ3v) is 7.09. The van der Waals surface area contributed by atoms with Gasteiger partial charge in [-0.1, -0.05) is 25.1 Å². The Kier molecular flexibility index (Phi) is 6.45. The molecule has 2 aromatic heterocycles. The Morgan fingerprint density at radius 3 is 2.76 bits per heavy atom. The number of nitrogens with zero attached hydrogens (tertiary/aromatic N) is 5. The van der Waals surface area contributed by atoms with E-state index in [4.69, 9.17) is 15.7 Å². The first-order valence-corrected chi connectivity index (χ1v) is 11.3. The van der Waals surface area contributed by atoms with E-state index in [1.807, 2.05) is 30.5 Å². The zero-order valence-electron chi connectivity index (χ0n) is 19.0. The number of nitrogens with two attached hydrogens (primary N) is 1. The molecule has 33 heavy (non-hydrogen) atoms. The van der Waals surface area contributed by atoms with E-state index < -0.39 is 0 Å². The molecule has 5 rings (SSSR count). The second kappa shape index (κ2) is 9.15. The van der Waals surface area contributed by atoms with Crippen LogP contribution in [-0.4, -0.2) is 59.3 Å². The molecule has 0 saturated carbocycles. The van der Waals surface area contributed by atoms with Gasteiger partial charge in [-0.15, -0.1) is 12.4 Å². The molecule has 0 aliphatic carbocycles. The predicted octanol–water partition coefficient (Wildman–Crippen LogP) is 2.71. The van der Waals surface area contributed by atoms with Crippen molar-refractivity contribution in [3.63, 3.8) is 0 Å². The van der Waals surface area contributed by atoms with Crippen molar-refractivity contribution in [3.05, 3.63) is 36.0 Å². The lowest BCUT2D eigenvalue weighted by Gasteiger charge is -2.39. The molecule has 4 heterocycles. The molecule has 3 aromatic rings. The van der Waals surface area contributed by atoms with Crippen LogP contribution in [0.15, 0.2) is 30.5 Å². The number of aromatic amines is 1. The molecule has 1 atom stereocenters. The van der Waals surface area contributed by atoms with E-state index in [1.165, 1.54) is 0 Å². The van der Waals surface area contributed by atoms with Crippen LogP contribution in [0.4, 0.5) is 17.3 Å². The fraction of sp³-hybridized carbons (Fsp3) is 0.478. The summed E-state index contributed by atoms with van der Waals surface area (Å²) in [5, 5.41) is 10.4. The summed E-state index contributed by atoms with van der Waals surface area (Å²) in [6, 6.07) is 8.02. The Hall–Kier alpha value is -2.91. The van der Waals surface area contributed by atoms with Gasteiger partial charge in [0.05, 0.1) is 12.1 Å². The number of halogens is 1. The number of anilines is 3. The van der Waals surface area contributed by atoms with Gasteiger partial charge >= 0.3 is 0 Å². The lowest BCUT2D eigenvalue weighted by molar-refractivity contribution is -0.122. The lowest BCUT2D eigenvalue weighted by Crippen LogP contribution is -2.42. The smallest absolute Gasteiger partial charge is 0.227 e. The number of hydrogen-bond acceptors (Lipinski definition) is 7. The van der Waals surface area contributed by atoms with Crippen LogP contribution in [0, 0.1) is 5.41 Å². The van der Waals surface area contributed by atoms with Crippen molar-refractivity contribution in [2.24, 2.45) is 11.1 Å². The number of carbonyl (C=O) groups is 1. The molecule has 0 radical (unpaired) electrons. The number of likely N-dealkylation sites (N-methyl/N-ethyl adjacent to an activating group) is 1. The molecule has 1 fully saturated rings. The average Bonchev–Trinajstić information content (AvgIpc) is 3.26. The van der Waals surface area contributed by atoms with E-state index in [1.54, 1.807) is 7.05 Å². The van der Waals surface area contributed by atoms with E-state index in [0.717, 1.165) is 54.3 Å². The van der Waals surface area contributed by atoms with Gasteiger partial charge in [0, 0.05) is 32.4 Å². The average molecular weight is 471 g/mol. The van der Waals surface area contributed by atoms with E-state index in [9.17, 15) is 4.79 Å². The summed E-state index contributed by atoms with van der Waals surface area (Å²) < 4.78 is 0. The first kappa shape index (κ1) is 23.3. The van der Waals surface area contributed by atoms with Crippen molar-refractivity contribution in [2.45, 2.75) is 32.1 Å². The molecule has 2 aliphatic rings. The quantitative estimate of drug-likeness (QED) is 0.536. The number of piperidine rings is 1. The summed E-state index contributed by atoms with van der Waals surface area (Å²) in [7, 11) is 1.69.